The predicted octanol–water partition coefficient (Wildman–Crippen LogP) is 3.18. The van der Waals surface area contributed by atoms with E-state index < -0.39 is 0 Å². The molecule has 2 aromatic rings. The van der Waals surface area contributed by atoms with E-state index in [0.717, 1.165) is 30.2 Å². The van der Waals surface area contributed by atoms with Crippen LogP contribution in [0, 0.1) is 12.8 Å². The number of urea groups is 1. The highest BCUT2D eigenvalue weighted by Crippen LogP contribution is 2.40. The number of nitrogens with zero attached hydrogens (tertiary/aromatic N) is 3. The van der Waals surface area contributed by atoms with Gasteiger partial charge in [-0.15, -0.1) is 0 Å². The van der Waals surface area contributed by atoms with E-state index >= 15 is 0 Å². The van der Waals surface area contributed by atoms with Gasteiger partial charge in [-0.2, -0.15) is 5.10 Å². The minimum Gasteiger partial charge on any atom is -0.384 e. The monoisotopic (exact) mass is 342 g/mol. The molecule has 2 aromatic heterocycles. The Kier molecular flexibility index (Phi) is 5.53. The zero-order chi connectivity index (χ0) is 17.6. The zero-order valence-electron chi connectivity index (χ0n) is 14.8. The summed E-state index contributed by atoms with van der Waals surface area (Å²) in [4.78, 5) is 16.2. The number of hydrogen-bond donors (Lipinski definition) is 3. The van der Waals surface area contributed by atoms with E-state index in [4.69, 9.17) is 0 Å². The van der Waals surface area contributed by atoms with Crippen molar-refractivity contribution in [1.29, 1.82) is 0 Å². The van der Waals surface area contributed by atoms with Crippen LogP contribution in [0.25, 0.3) is 0 Å². The van der Waals surface area contributed by atoms with Crippen LogP contribution < -0.4 is 16.0 Å². The number of aromatic nitrogens is 3. The predicted molar refractivity (Wildman–Crippen MR) is 98.8 cm³/mol. The molecule has 2 heterocycles. The fourth-order valence-electron chi connectivity index (χ4n) is 2.85. The van der Waals surface area contributed by atoms with E-state index in [1.54, 1.807) is 12.4 Å². The van der Waals surface area contributed by atoms with Crippen LogP contribution in [0.3, 0.4) is 0 Å². The molecule has 134 valence electrons. The van der Waals surface area contributed by atoms with E-state index in [9.17, 15) is 4.79 Å². The molecule has 1 aliphatic rings. The highest BCUT2D eigenvalue weighted by Gasteiger charge is 2.31. The summed E-state index contributed by atoms with van der Waals surface area (Å²) in [5.41, 5.74) is 1.91. The molecule has 0 saturated heterocycles. The molecule has 7 heteroatoms. The third-order valence-electron chi connectivity index (χ3n) is 4.42. The normalized spacial score (nSPS) is 14.8. The van der Waals surface area contributed by atoms with Crippen LogP contribution in [0.15, 0.2) is 30.6 Å². The molecule has 0 spiro atoms. The SMILES string of the molecule is Cc1cc(NC(=O)NCCCNc2cccnc2)n([C@H](C)C2CC2)n1. The van der Waals surface area contributed by atoms with Gasteiger partial charge in [-0.25, -0.2) is 9.48 Å². The van der Waals surface area contributed by atoms with Crippen molar-refractivity contribution in [3.8, 4) is 0 Å². The minimum absolute atomic E-state index is 0.189. The van der Waals surface area contributed by atoms with Gasteiger partial charge in [0.2, 0.25) is 0 Å². The first-order valence-electron chi connectivity index (χ1n) is 8.88. The number of amides is 2. The number of carbonyl (C=O) groups is 1. The number of nitrogens with one attached hydrogen (secondary N) is 3. The molecule has 25 heavy (non-hydrogen) atoms. The van der Waals surface area contributed by atoms with Gasteiger partial charge >= 0.3 is 6.03 Å². The van der Waals surface area contributed by atoms with Crippen molar-refractivity contribution < 1.29 is 4.79 Å². The Labute approximate surface area is 148 Å². The molecular weight excluding hydrogens is 316 g/mol. The lowest BCUT2D eigenvalue weighted by Gasteiger charge is -2.15. The standard InChI is InChI=1S/C18H26N6O/c1-13-11-17(24(23-13)14(2)15-6-7-15)22-18(25)21-10-4-9-20-16-5-3-8-19-12-16/h3,5,8,11-12,14-15,20H,4,6-7,9-10H2,1-2H3,(H2,21,22,25)/t14-/m1/s1. The molecule has 0 bridgehead atoms. The van der Waals surface area contributed by atoms with Crippen LogP contribution >= 0.6 is 0 Å². The Hall–Kier alpha value is -2.57. The van der Waals surface area contributed by atoms with Crippen molar-refractivity contribution in [2.75, 3.05) is 23.7 Å². The molecule has 0 radical (unpaired) electrons. The average molecular weight is 342 g/mol. The van der Waals surface area contributed by atoms with E-state index in [2.05, 4.69) is 33.0 Å². The number of rotatable bonds is 8. The second kappa shape index (κ2) is 8.00. The third kappa shape index (κ3) is 4.95. The lowest BCUT2D eigenvalue weighted by atomic mass is 10.2. The van der Waals surface area contributed by atoms with Gasteiger partial charge in [-0.05, 0) is 51.2 Å². The molecule has 3 rings (SSSR count). The van der Waals surface area contributed by atoms with Crippen molar-refractivity contribution in [1.82, 2.24) is 20.1 Å². The summed E-state index contributed by atoms with van der Waals surface area (Å²) in [5, 5.41) is 13.6. The topological polar surface area (TPSA) is 83.9 Å². The van der Waals surface area contributed by atoms with Crippen LogP contribution in [0.5, 0.6) is 0 Å². The maximum Gasteiger partial charge on any atom is 0.320 e. The van der Waals surface area contributed by atoms with E-state index in [-0.39, 0.29) is 6.03 Å². The second-order valence-electron chi connectivity index (χ2n) is 6.60. The molecule has 0 unspecified atom stereocenters. The van der Waals surface area contributed by atoms with E-state index in [0.29, 0.717) is 18.5 Å². The fourth-order valence-corrected chi connectivity index (χ4v) is 2.85. The Morgan fingerprint density at radius 1 is 1.40 bits per heavy atom. The van der Waals surface area contributed by atoms with Gasteiger partial charge in [-0.1, -0.05) is 0 Å². The molecule has 0 aliphatic heterocycles. The van der Waals surface area contributed by atoms with Crippen LogP contribution in [0.2, 0.25) is 0 Å². The van der Waals surface area contributed by atoms with Gasteiger partial charge in [0, 0.05) is 31.5 Å². The van der Waals surface area contributed by atoms with Gasteiger partial charge in [0.25, 0.3) is 0 Å². The summed E-state index contributed by atoms with van der Waals surface area (Å²) in [6, 6.07) is 5.92. The Balaban J connectivity index is 1.40. The van der Waals surface area contributed by atoms with Gasteiger partial charge in [0.05, 0.1) is 17.4 Å². The van der Waals surface area contributed by atoms with Crippen molar-refractivity contribution in [2.24, 2.45) is 5.92 Å². The largest absolute Gasteiger partial charge is 0.384 e. The fraction of sp³-hybridized carbons (Fsp3) is 0.500. The lowest BCUT2D eigenvalue weighted by Crippen LogP contribution is -2.31. The molecule has 2 amide bonds. The first-order chi connectivity index (χ1) is 12.1. The zero-order valence-corrected chi connectivity index (χ0v) is 14.8. The van der Waals surface area contributed by atoms with Crippen LogP contribution in [0.4, 0.5) is 16.3 Å². The highest BCUT2D eigenvalue weighted by molar-refractivity contribution is 5.88. The molecule has 3 N–H and O–H groups in total. The number of anilines is 2. The molecule has 1 fully saturated rings. The quantitative estimate of drug-likeness (QED) is 0.643. The van der Waals surface area contributed by atoms with E-state index in [1.807, 2.05) is 29.8 Å². The van der Waals surface area contributed by atoms with Crippen LogP contribution in [-0.2, 0) is 0 Å². The minimum atomic E-state index is -0.189. The summed E-state index contributed by atoms with van der Waals surface area (Å²) in [6.07, 6.45) is 6.85. The summed E-state index contributed by atoms with van der Waals surface area (Å²) < 4.78 is 1.94. The molecule has 0 aromatic carbocycles. The van der Waals surface area contributed by atoms with Crippen LogP contribution in [-0.4, -0.2) is 33.9 Å². The van der Waals surface area contributed by atoms with Gasteiger partial charge < -0.3 is 10.6 Å². The molecule has 7 nitrogen and oxygen atoms in total. The van der Waals surface area contributed by atoms with Gasteiger partial charge in [0.1, 0.15) is 5.82 Å². The second-order valence-corrected chi connectivity index (χ2v) is 6.60. The Bertz CT molecular complexity index is 695. The number of hydrogen-bond acceptors (Lipinski definition) is 4. The first kappa shape index (κ1) is 17.3. The lowest BCUT2D eigenvalue weighted by molar-refractivity contribution is 0.251. The number of carbonyl (C=O) groups excluding carboxylic acids is 1. The maximum atomic E-state index is 12.1. The summed E-state index contributed by atoms with van der Waals surface area (Å²) in [5.74, 6) is 1.45. The summed E-state index contributed by atoms with van der Waals surface area (Å²) in [6.45, 7) is 5.49. The number of pyridine rings is 1. The average Bonchev–Trinajstić information content (AvgIpc) is 3.39. The summed E-state index contributed by atoms with van der Waals surface area (Å²) in [7, 11) is 0. The van der Waals surface area contributed by atoms with Crippen molar-refractivity contribution in [2.45, 2.75) is 39.2 Å². The van der Waals surface area contributed by atoms with Crippen molar-refractivity contribution >= 4 is 17.5 Å². The Morgan fingerprint density at radius 2 is 2.24 bits per heavy atom. The number of aryl methyl sites for hydroxylation is 1. The first-order valence-corrected chi connectivity index (χ1v) is 8.88. The maximum absolute atomic E-state index is 12.1. The van der Waals surface area contributed by atoms with Crippen molar-refractivity contribution in [3.05, 3.63) is 36.3 Å². The highest BCUT2D eigenvalue weighted by atomic mass is 16.2. The Morgan fingerprint density at radius 3 is 2.96 bits per heavy atom. The van der Waals surface area contributed by atoms with Crippen molar-refractivity contribution in [3.63, 3.8) is 0 Å². The summed E-state index contributed by atoms with van der Waals surface area (Å²) >= 11 is 0. The van der Waals surface area contributed by atoms with Gasteiger partial charge in [-0.3, -0.25) is 10.3 Å². The van der Waals surface area contributed by atoms with E-state index in [1.165, 1.54) is 12.8 Å². The van der Waals surface area contributed by atoms with Gasteiger partial charge in [0.15, 0.2) is 0 Å². The molecule has 1 aliphatic carbocycles. The molecule has 1 atom stereocenters. The molecule has 1 saturated carbocycles. The molecular formula is C18H26N6O. The smallest absolute Gasteiger partial charge is 0.320 e. The third-order valence-corrected chi connectivity index (χ3v) is 4.42. The van der Waals surface area contributed by atoms with Crippen LogP contribution in [0.1, 0.15) is 37.9 Å².